The molecular formula is C42H68O14. The molecular weight excluding hydrogens is 728 g/mol. The number of ether oxygens (including phenoxy) is 6. The summed E-state index contributed by atoms with van der Waals surface area (Å²) in [5, 5.41) is 86.1. The van der Waals surface area contributed by atoms with E-state index in [2.05, 4.69) is 47.6 Å². The van der Waals surface area contributed by atoms with Gasteiger partial charge in [0.2, 0.25) is 0 Å². The zero-order valence-corrected chi connectivity index (χ0v) is 34.1. The van der Waals surface area contributed by atoms with Crippen molar-refractivity contribution in [1.82, 2.24) is 0 Å². The van der Waals surface area contributed by atoms with Gasteiger partial charge in [0.15, 0.2) is 18.4 Å². The maximum absolute atomic E-state index is 12.3. The van der Waals surface area contributed by atoms with E-state index in [9.17, 15) is 40.9 Å². The van der Waals surface area contributed by atoms with Crippen molar-refractivity contribution in [2.24, 2.45) is 51.2 Å². The van der Waals surface area contributed by atoms with Crippen LogP contribution in [0.1, 0.15) is 93.4 Å². The van der Waals surface area contributed by atoms with Crippen molar-refractivity contribution in [3.63, 3.8) is 0 Å². The average molecular weight is 797 g/mol. The van der Waals surface area contributed by atoms with Gasteiger partial charge in [0.1, 0.15) is 48.8 Å². The summed E-state index contributed by atoms with van der Waals surface area (Å²) in [5.41, 5.74) is -0.302. The molecule has 21 atom stereocenters. The highest BCUT2D eigenvalue weighted by Crippen LogP contribution is 2.80. The van der Waals surface area contributed by atoms with Crippen LogP contribution >= 0.6 is 0 Å². The standard InChI is InChI=1S/C42H68O14/c1-20(2)14-21-17-51-42-18-41(19-52-42)22(34(42)40(21,7)50)8-9-26-38(5)12-11-27(37(3,4)25(38)10-13-39(26,41)6)55-36-32(49)33(29(46)24(16-44)54-36)56-35-31(48)30(47)28(45)23(15-43)53-35/h14,21-36,43-50H,8-13,15-19H2,1-7H3/t21-,22?,23+,24+,25?,26?,27+,28+,29+,30-,31+,32+,33-,34?,35-,36-,38+,39-,40?,41+,42-/m0/s1. The summed E-state index contributed by atoms with van der Waals surface area (Å²) in [6, 6.07) is 0. The molecule has 0 aromatic carbocycles. The first-order chi connectivity index (χ1) is 26.2. The molecule has 4 aliphatic carbocycles. The molecule has 5 unspecified atom stereocenters. The van der Waals surface area contributed by atoms with Gasteiger partial charge in [-0.1, -0.05) is 39.3 Å². The Morgan fingerprint density at radius 1 is 0.732 bits per heavy atom. The minimum atomic E-state index is -1.75. The van der Waals surface area contributed by atoms with E-state index in [1.807, 2.05) is 6.92 Å². The van der Waals surface area contributed by atoms with Crippen LogP contribution in [-0.4, -0.2) is 146 Å². The van der Waals surface area contributed by atoms with Crippen LogP contribution in [0.2, 0.25) is 0 Å². The number of allylic oxidation sites excluding steroid dienone is 1. The number of hydrogen-bond acceptors (Lipinski definition) is 14. The van der Waals surface area contributed by atoms with Gasteiger partial charge in [-0.25, -0.2) is 0 Å². The second-order valence-electron chi connectivity index (χ2n) is 20.5. The molecule has 4 aliphatic heterocycles. The first-order valence-corrected chi connectivity index (χ1v) is 21.1. The lowest BCUT2D eigenvalue weighted by Crippen LogP contribution is -2.68. The van der Waals surface area contributed by atoms with Gasteiger partial charge < -0.3 is 69.3 Å². The molecule has 56 heavy (non-hydrogen) atoms. The Labute approximate surface area is 330 Å². The van der Waals surface area contributed by atoms with E-state index in [1.54, 1.807) is 0 Å². The van der Waals surface area contributed by atoms with Crippen LogP contribution in [0, 0.1) is 51.2 Å². The van der Waals surface area contributed by atoms with Crippen molar-refractivity contribution < 1.29 is 69.3 Å². The fourth-order valence-corrected chi connectivity index (χ4v) is 14.6. The van der Waals surface area contributed by atoms with Crippen LogP contribution in [0.4, 0.5) is 0 Å². The maximum Gasteiger partial charge on any atom is 0.187 e. The van der Waals surface area contributed by atoms with Crippen molar-refractivity contribution in [3.05, 3.63) is 11.6 Å². The molecule has 0 amide bonds. The van der Waals surface area contributed by atoms with Crippen molar-refractivity contribution in [3.8, 4) is 0 Å². The Hall–Kier alpha value is -0.820. The molecule has 8 rings (SSSR count). The third-order valence-corrected chi connectivity index (χ3v) is 17.3. The van der Waals surface area contributed by atoms with Gasteiger partial charge in [-0.3, -0.25) is 0 Å². The summed E-state index contributed by atoms with van der Waals surface area (Å²) >= 11 is 0. The Kier molecular flexibility index (Phi) is 10.6. The first kappa shape index (κ1) is 41.9. The van der Waals surface area contributed by atoms with E-state index >= 15 is 0 Å². The molecule has 0 radical (unpaired) electrons. The van der Waals surface area contributed by atoms with Gasteiger partial charge in [-0.05, 0) is 93.3 Å². The van der Waals surface area contributed by atoms with Crippen molar-refractivity contribution in [2.75, 3.05) is 26.4 Å². The molecule has 0 aromatic heterocycles. The molecule has 8 aliphatic rings. The summed E-state index contributed by atoms with van der Waals surface area (Å²) in [5.74, 6) is 0.0262. The largest absolute Gasteiger partial charge is 0.394 e. The molecule has 4 saturated heterocycles. The Balaban J connectivity index is 1.01. The minimum absolute atomic E-state index is 0.0284. The second-order valence-corrected chi connectivity index (χ2v) is 20.5. The van der Waals surface area contributed by atoms with Gasteiger partial charge in [0.05, 0.1) is 38.1 Å². The normalized spacial score (nSPS) is 57.4. The molecule has 2 bridgehead atoms. The molecule has 8 N–H and O–H groups in total. The number of aliphatic hydroxyl groups excluding tert-OH is 7. The fraction of sp³-hybridized carbons (Fsp3) is 0.952. The second kappa shape index (κ2) is 14.1. The van der Waals surface area contributed by atoms with Gasteiger partial charge in [-0.2, -0.15) is 0 Å². The highest BCUT2D eigenvalue weighted by Gasteiger charge is 2.81. The van der Waals surface area contributed by atoms with Crippen LogP contribution in [0.3, 0.4) is 0 Å². The van der Waals surface area contributed by atoms with E-state index < -0.39 is 86.0 Å². The monoisotopic (exact) mass is 796 g/mol. The Morgan fingerprint density at radius 2 is 1.39 bits per heavy atom. The molecule has 4 heterocycles. The number of rotatable bonds is 7. The van der Waals surface area contributed by atoms with Crippen LogP contribution in [0.5, 0.6) is 0 Å². The predicted octanol–water partition coefficient (Wildman–Crippen LogP) is 1.36. The minimum Gasteiger partial charge on any atom is -0.394 e. The van der Waals surface area contributed by atoms with Crippen LogP contribution in [0.15, 0.2) is 11.6 Å². The predicted molar refractivity (Wildman–Crippen MR) is 198 cm³/mol. The molecule has 2 spiro atoms. The quantitative estimate of drug-likeness (QED) is 0.135. The van der Waals surface area contributed by atoms with E-state index in [0.717, 1.165) is 38.5 Å². The smallest absolute Gasteiger partial charge is 0.187 e. The number of fused-ring (bicyclic) bond motifs is 4. The molecule has 320 valence electrons. The topological polar surface area (TPSA) is 217 Å². The van der Waals surface area contributed by atoms with Crippen molar-refractivity contribution >= 4 is 0 Å². The molecule has 0 aromatic rings. The van der Waals surface area contributed by atoms with E-state index in [-0.39, 0.29) is 45.5 Å². The first-order valence-electron chi connectivity index (χ1n) is 21.1. The summed E-state index contributed by atoms with van der Waals surface area (Å²) in [6.45, 7) is 15.4. The zero-order chi connectivity index (χ0) is 40.5. The third kappa shape index (κ3) is 5.79. The van der Waals surface area contributed by atoms with E-state index in [0.29, 0.717) is 31.5 Å². The summed E-state index contributed by atoms with van der Waals surface area (Å²) < 4.78 is 37.5. The van der Waals surface area contributed by atoms with Crippen molar-refractivity contribution in [1.29, 1.82) is 0 Å². The van der Waals surface area contributed by atoms with E-state index in [4.69, 9.17) is 28.4 Å². The molecule has 14 heteroatoms. The lowest BCUT2D eigenvalue weighted by Gasteiger charge is -2.70. The summed E-state index contributed by atoms with van der Waals surface area (Å²) in [6.07, 6.45) is -6.79. The van der Waals surface area contributed by atoms with Crippen molar-refractivity contribution in [2.45, 2.75) is 172 Å². The average Bonchev–Trinajstić information content (AvgIpc) is 3.67. The van der Waals surface area contributed by atoms with Gasteiger partial charge >= 0.3 is 0 Å². The third-order valence-electron chi connectivity index (χ3n) is 17.3. The fourth-order valence-electron chi connectivity index (χ4n) is 14.6. The molecule has 8 fully saturated rings. The Bertz CT molecular complexity index is 1500. The van der Waals surface area contributed by atoms with Gasteiger partial charge in [0, 0.05) is 23.7 Å². The van der Waals surface area contributed by atoms with Gasteiger partial charge in [-0.15, -0.1) is 0 Å². The summed E-state index contributed by atoms with van der Waals surface area (Å²) in [7, 11) is 0. The lowest BCUT2D eigenvalue weighted by atomic mass is 9.35. The molecule has 14 nitrogen and oxygen atoms in total. The van der Waals surface area contributed by atoms with Crippen LogP contribution in [-0.2, 0) is 28.4 Å². The number of hydrogen-bond donors (Lipinski definition) is 8. The SMILES string of the molecule is CC(C)=C[C@H]1CO[C@@]23C[C@@]4(CO2)C(CCC2[C@]5(C)CC[C@@H](O[C@@H]6O[C@H](CO)[C@@H](O)[C@H](O[C@@H]7O[C@H](CO)[C@@H](O)[C@H](O)[C@H]7O)[C@H]6O)C(C)(C)C5CC[C@@]24C)C3C1(C)O. The van der Waals surface area contributed by atoms with Crippen LogP contribution in [0.25, 0.3) is 0 Å². The summed E-state index contributed by atoms with van der Waals surface area (Å²) in [4.78, 5) is 0. The maximum atomic E-state index is 12.3. The highest BCUT2D eigenvalue weighted by molar-refractivity contribution is 5.27. The van der Waals surface area contributed by atoms with E-state index in [1.165, 1.54) is 5.57 Å². The molecule has 4 saturated carbocycles. The zero-order valence-electron chi connectivity index (χ0n) is 34.1. The van der Waals surface area contributed by atoms with Crippen LogP contribution < -0.4 is 0 Å². The number of aliphatic hydroxyl groups is 8. The van der Waals surface area contributed by atoms with Gasteiger partial charge in [0.25, 0.3) is 0 Å². The Morgan fingerprint density at radius 3 is 2.05 bits per heavy atom. The lowest BCUT2D eigenvalue weighted by molar-refractivity contribution is -0.370. The highest BCUT2D eigenvalue weighted by atomic mass is 16.7.